The van der Waals surface area contributed by atoms with Crippen molar-refractivity contribution in [2.75, 3.05) is 5.32 Å². The molecule has 0 unspecified atom stereocenters. The number of benzene rings is 2. The van der Waals surface area contributed by atoms with Crippen LogP contribution in [-0.4, -0.2) is 11.0 Å². The molecule has 0 spiro atoms. The maximum atomic E-state index is 12.8. The third-order valence-electron chi connectivity index (χ3n) is 3.05. The molecule has 3 nitrogen and oxygen atoms in total. The average molecular weight is 428 g/mol. The van der Waals surface area contributed by atoms with Gasteiger partial charge in [0.05, 0.1) is 16.7 Å². The molecule has 2 aromatic rings. The molecule has 10 heteroatoms. The Morgan fingerprint density at radius 2 is 1.44 bits per heavy atom. The Kier molecular flexibility index (Phi) is 5.03. The zero-order valence-corrected chi connectivity index (χ0v) is 13.6. The van der Waals surface area contributed by atoms with Crippen LogP contribution in [0, 0.1) is 0 Å². The van der Waals surface area contributed by atoms with Gasteiger partial charge in [0.2, 0.25) is 0 Å². The number of phenols is 1. The fourth-order valence-corrected chi connectivity index (χ4v) is 2.28. The van der Waals surface area contributed by atoms with E-state index in [2.05, 4.69) is 15.9 Å². The van der Waals surface area contributed by atoms with Gasteiger partial charge in [-0.1, -0.05) is 15.9 Å². The molecule has 0 saturated heterocycles. The smallest absolute Gasteiger partial charge is 0.416 e. The molecule has 0 aliphatic rings. The van der Waals surface area contributed by atoms with Crippen molar-refractivity contribution < 1.29 is 36.2 Å². The van der Waals surface area contributed by atoms with E-state index in [0.29, 0.717) is 16.6 Å². The van der Waals surface area contributed by atoms with Crippen molar-refractivity contribution in [2.45, 2.75) is 12.4 Å². The predicted octanol–water partition coefficient (Wildman–Crippen LogP) is 5.44. The molecule has 25 heavy (non-hydrogen) atoms. The Hall–Kier alpha value is -2.23. The third kappa shape index (κ3) is 4.65. The largest absolute Gasteiger partial charge is 0.507 e. The lowest BCUT2D eigenvalue weighted by Gasteiger charge is -2.15. The first-order valence-electron chi connectivity index (χ1n) is 6.47. The molecule has 0 fully saturated rings. The normalized spacial score (nSPS) is 12.1. The molecular formula is C15H8BrF6NO2. The summed E-state index contributed by atoms with van der Waals surface area (Å²) in [6, 6.07) is 4.42. The van der Waals surface area contributed by atoms with E-state index in [-0.39, 0.29) is 11.6 Å². The summed E-state index contributed by atoms with van der Waals surface area (Å²) in [5.74, 6) is -1.55. The van der Waals surface area contributed by atoms with Gasteiger partial charge in [0.1, 0.15) is 5.75 Å². The molecule has 0 aliphatic heterocycles. The van der Waals surface area contributed by atoms with Gasteiger partial charge in [-0.3, -0.25) is 4.79 Å². The standard InChI is InChI=1S/C15H8BrF6NO2/c16-9-1-2-12(24)11(6-9)13(25)23-10-4-7(14(17,18)19)3-8(5-10)15(20,21)22/h1-6,24H,(H,23,25). The number of hydrogen-bond acceptors (Lipinski definition) is 2. The van der Waals surface area contributed by atoms with E-state index in [4.69, 9.17) is 0 Å². The van der Waals surface area contributed by atoms with Crippen LogP contribution >= 0.6 is 15.9 Å². The number of carbonyl (C=O) groups is 1. The first kappa shape index (κ1) is 19.1. The Morgan fingerprint density at radius 3 is 1.92 bits per heavy atom. The second-order valence-corrected chi connectivity index (χ2v) is 5.83. The zero-order chi connectivity index (χ0) is 19.0. The highest BCUT2D eigenvalue weighted by Crippen LogP contribution is 2.37. The van der Waals surface area contributed by atoms with E-state index in [1.807, 2.05) is 5.32 Å². The van der Waals surface area contributed by atoms with Crippen LogP contribution in [0.3, 0.4) is 0 Å². The van der Waals surface area contributed by atoms with Crippen molar-refractivity contribution >= 4 is 27.5 Å². The molecule has 2 aromatic carbocycles. The molecular weight excluding hydrogens is 420 g/mol. The number of anilines is 1. The highest BCUT2D eigenvalue weighted by Gasteiger charge is 2.37. The van der Waals surface area contributed by atoms with Crippen LogP contribution in [0.1, 0.15) is 21.5 Å². The van der Waals surface area contributed by atoms with Crippen LogP contribution in [0.2, 0.25) is 0 Å². The number of rotatable bonds is 2. The Labute approximate surface area is 145 Å². The molecule has 1 amide bonds. The topological polar surface area (TPSA) is 49.3 Å². The van der Waals surface area contributed by atoms with E-state index in [1.54, 1.807) is 0 Å². The molecule has 0 aromatic heterocycles. The number of alkyl halides is 6. The summed E-state index contributed by atoms with van der Waals surface area (Å²) in [5, 5.41) is 11.5. The first-order chi connectivity index (χ1) is 11.4. The summed E-state index contributed by atoms with van der Waals surface area (Å²) in [6.45, 7) is 0. The Balaban J connectivity index is 2.45. The number of aromatic hydroxyl groups is 1. The predicted molar refractivity (Wildman–Crippen MR) is 80.2 cm³/mol. The summed E-state index contributed by atoms with van der Waals surface area (Å²) in [7, 11) is 0. The van der Waals surface area contributed by atoms with Gasteiger partial charge >= 0.3 is 12.4 Å². The number of phenolic OH excluding ortho intramolecular Hbond substituents is 1. The maximum absolute atomic E-state index is 12.8. The summed E-state index contributed by atoms with van der Waals surface area (Å²) in [5.41, 5.74) is -4.14. The fraction of sp³-hybridized carbons (Fsp3) is 0.133. The monoisotopic (exact) mass is 427 g/mol. The summed E-state index contributed by atoms with van der Waals surface area (Å²) in [6.07, 6.45) is -10.1. The number of amides is 1. The molecule has 2 rings (SSSR count). The quantitative estimate of drug-likeness (QED) is 0.626. The fourth-order valence-electron chi connectivity index (χ4n) is 1.92. The molecule has 2 N–H and O–H groups in total. The van der Waals surface area contributed by atoms with Crippen molar-refractivity contribution in [3.8, 4) is 5.75 Å². The van der Waals surface area contributed by atoms with Crippen molar-refractivity contribution in [1.82, 2.24) is 0 Å². The molecule has 0 bridgehead atoms. The lowest BCUT2D eigenvalue weighted by molar-refractivity contribution is -0.143. The van der Waals surface area contributed by atoms with Gasteiger partial charge in [-0.05, 0) is 36.4 Å². The van der Waals surface area contributed by atoms with Crippen LogP contribution in [0.5, 0.6) is 5.75 Å². The molecule has 0 saturated carbocycles. The van der Waals surface area contributed by atoms with Gasteiger partial charge < -0.3 is 10.4 Å². The SMILES string of the molecule is O=C(Nc1cc(C(F)(F)F)cc(C(F)(F)F)c1)c1cc(Br)ccc1O. The van der Waals surface area contributed by atoms with Gasteiger partial charge in [-0.15, -0.1) is 0 Å². The van der Waals surface area contributed by atoms with E-state index < -0.39 is 40.8 Å². The highest BCUT2D eigenvalue weighted by molar-refractivity contribution is 9.10. The molecule has 0 atom stereocenters. The van der Waals surface area contributed by atoms with Crippen molar-refractivity contribution in [1.29, 1.82) is 0 Å². The van der Waals surface area contributed by atoms with Crippen LogP contribution in [0.4, 0.5) is 32.0 Å². The maximum Gasteiger partial charge on any atom is 0.416 e. The van der Waals surface area contributed by atoms with Crippen molar-refractivity contribution in [3.05, 3.63) is 57.6 Å². The van der Waals surface area contributed by atoms with E-state index >= 15 is 0 Å². The van der Waals surface area contributed by atoms with Gasteiger partial charge in [0.15, 0.2) is 0 Å². The van der Waals surface area contributed by atoms with Crippen molar-refractivity contribution in [3.63, 3.8) is 0 Å². The van der Waals surface area contributed by atoms with Gasteiger partial charge in [0.25, 0.3) is 5.91 Å². The minimum Gasteiger partial charge on any atom is -0.507 e. The van der Waals surface area contributed by atoms with Gasteiger partial charge in [0, 0.05) is 10.2 Å². The molecule has 134 valence electrons. The van der Waals surface area contributed by atoms with Crippen LogP contribution in [-0.2, 0) is 12.4 Å². The van der Waals surface area contributed by atoms with Crippen molar-refractivity contribution in [2.24, 2.45) is 0 Å². The van der Waals surface area contributed by atoms with E-state index in [1.165, 1.54) is 12.1 Å². The summed E-state index contributed by atoms with van der Waals surface area (Å²) >= 11 is 3.04. The number of carbonyl (C=O) groups excluding carboxylic acids is 1. The van der Waals surface area contributed by atoms with Crippen LogP contribution in [0.25, 0.3) is 0 Å². The Bertz CT molecular complexity index is 784. The molecule has 0 aliphatic carbocycles. The first-order valence-corrected chi connectivity index (χ1v) is 7.26. The average Bonchev–Trinajstić information content (AvgIpc) is 2.47. The number of halogens is 7. The third-order valence-corrected chi connectivity index (χ3v) is 3.54. The number of nitrogens with one attached hydrogen (secondary N) is 1. The highest BCUT2D eigenvalue weighted by atomic mass is 79.9. The van der Waals surface area contributed by atoms with Crippen LogP contribution in [0.15, 0.2) is 40.9 Å². The zero-order valence-electron chi connectivity index (χ0n) is 12.0. The molecule has 0 radical (unpaired) electrons. The minimum atomic E-state index is -5.03. The second kappa shape index (κ2) is 6.58. The Morgan fingerprint density at radius 1 is 0.920 bits per heavy atom. The van der Waals surface area contributed by atoms with E-state index in [9.17, 15) is 36.2 Å². The lowest BCUT2D eigenvalue weighted by atomic mass is 10.1. The van der Waals surface area contributed by atoms with Crippen LogP contribution < -0.4 is 5.32 Å². The molecule has 0 heterocycles. The minimum absolute atomic E-state index is 0.0494. The van der Waals surface area contributed by atoms with Gasteiger partial charge in [-0.25, -0.2) is 0 Å². The van der Waals surface area contributed by atoms with Gasteiger partial charge in [-0.2, -0.15) is 26.3 Å². The van der Waals surface area contributed by atoms with E-state index in [0.717, 1.165) is 6.07 Å². The summed E-state index contributed by atoms with van der Waals surface area (Å²) in [4.78, 5) is 12.1. The second-order valence-electron chi connectivity index (χ2n) is 4.91. The summed E-state index contributed by atoms with van der Waals surface area (Å²) < 4.78 is 77.1. The number of hydrogen-bond donors (Lipinski definition) is 2. The lowest BCUT2D eigenvalue weighted by Crippen LogP contribution is -2.16.